The number of nitrogens with zero attached hydrogens (tertiary/aromatic N) is 2. The topological polar surface area (TPSA) is 97.2 Å². The molecule has 0 saturated carbocycles. The summed E-state index contributed by atoms with van der Waals surface area (Å²) in [4.78, 5) is 10.2. The van der Waals surface area contributed by atoms with E-state index < -0.39 is 54.7 Å². The molecule has 20 heavy (non-hydrogen) atoms. The molecule has 0 amide bonds. The van der Waals surface area contributed by atoms with Crippen molar-refractivity contribution >= 4 is 26.7 Å². The van der Waals surface area contributed by atoms with Gasteiger partial charge < -0.3 is 5.11 Å². The van der Waals surface area contributed by atoms with Crippen LogP contribution in [0.5, 0.6) is 0 Å². The highest BCUT2D eigenvalue weighted by Gasteiger charge is 2.29. The summed E-state index contributed by atoms with van der Waals surface area (Å²) >= 11 is 0. The van der Waals surface area contributed by atoms with Gasteiger partial charge in [0.05, 0.1) is 11.1 Å². The number of hydrogen-bond donors (Lipinski definition) is 1. The Morgan fingerprint density at radius 1 is 1.25 bits per heavy atom. The third-order valence-electron chi connectivity index (χ3n) is 2.66. The zero-order chi connectivity index (χ0) is 15.1. The molecular weight excluding hydrogens is 294 g/mol. The van der Waals surface area contributed by atoms with E-state index in [1.54, 1.807) is 0 Å². The maximum atomic E-state index is 13.8. The van der Waals surface area contributed by atoms with Crippen LogP contribution < -0.4 is 0 Å². The number of carbonyl (C=O) groups is 1. The highest BCUT2D eigenvalue weighted by molar-refractivity contribution is 7.91. The molecule has 106 valence electrons. The van der Waals surface area contributed by atoms with Crippen molar-refractivity contribution in [2.24, 2.45) is 0 Å². The minimum absolute atomic E-state index is 0.482. The molecule has 1 aromatic heterocycles. The largest absolute Gasteiger partial charge is 0.476 e. The lowest BCUT2D eigenvalue weighted by atomic mass is 10.2. The van der Waals surface area contributed by atoms with E-state index in [1.165, 1.54) is 6.92 Å². The SMILES string of the molecule is CCS(=O)(=O)c1c(C(=O)O)nnc2c(F)ccc(F)c12. The summed E-state index contributed by atoms with van der Waals surface area (Å²) in [6, 6.07) is 1.47. The van der Waals surface area contributed by atoms with Gasteiger partial charge in [0.25, 0.3) is 0 Å². The van der Waals surface area contributed by atoms with Crippen molar-refractivity contribution in [1.29, 1.82) is 0 Å². The molecule has 0 aliphatic rings. The number of fused-ring (bicyclic) bond motifs is 1. The summed E-state index contributed by atoms with van der Waals surface area (Å²) in [6.45, 7) is 1.25. The summed E-state index contributed by atoms with van der Waals surface area (Å²) in [6.07, 6.45) is 0. The van der Waals surface area contributed by atoms with Crippen LogP contribution in [0.4, 0.5) is 8.78 Å². The molecule has 1 N–H and O–H groups in total. The zero-order valence-corrected chi connectivity index (χ0v) is 10.9. The van der Waals surface area contributed by atoms with Crippen LogP contribution in [0.15, 0.2) is 17.0 Å². The number of hydrogen-bond acceptors (Lipinski definition) is 5. The molecule has 0 saturated heterocycles. The smallest absolute Gasteiger partial charge is 0.357 e. The van der Waals surface area contributed by atoms with Gasteiger partial charge in [-0.05, 0) is 12.1 Å². The zero-order valence-electron chi connectivity index (χ0n) is 10.1. The van der Waals surface area contributed by atoms with Crippen LogP contribution >= 0.6 is 0 Å². The summed E-state index contributed by atoms with van der Waals surface area (Å²) < 4.78 is 51.4. The fourth-order valence-corrected chi connectivity index (χ4v) is 2.92. The van der Waals surface area contributed by atoms with Crippen LogP contribution in [0.2, 0.25) is 0 Å². The Labute approximate surface area is 112 Å². The normalized spacial score (nSPS) is 11.8. The van der Waals surface area contributed by atoms with Crippen molar-refractivity contribution in [3.05, 3.63) is 29.5 Å². The van der Waals surface area contributed by atoms with Crippen LogP contribution in [-0.4, -0.2) is 35.4 Å². The number of carboxylic acids is 1. The minimum atomic E-state index is -4.13. The third kappa shape index (κ3) is 2.09. The number of rotatable bonds is 3. The molecular formula is C11H8F2N2O4S. The number of sulfone groups is 1. The highest BCUT2D eigenvalue weighted by Crippen LogP contribution is 2.28. The van der Waals surface area contributed by atoms with Crippen LogP contribution in [0.25, 0.3) is 10.9 Å². The number of benzene rings is 1. The predicted molar refractivity (Wildman–Crippen MR) is 64.1 cm³/mol. The first kappa shape index (κ1) is 14.3. The van der Waals surface area contributed by atoms with Crippen molar-refractivity contribution in [3.8, 4) is 0 Å². The third-order valence-corrected chi connectivity index (χ3v) is 4.44. The van der Waals surface area contributed by atoms with Crippen LogP contribution in [0.1, 0.15) is 17.4 Å². The maximum Gasteiger partial charge on any atom is 0.357 e. The Morgan fingerprint density at radius 3 is 2.40 bits per heavy atom. The maximum absolute atomic E-state index is 13.8. The first-order valence-corrected chi connectivity index (χ1v) is 7.05. The lowest BCUT2D eigenvalue weighted by Crippen LogP contribution is -2.15. The van der Waals surface area contributed by atoms with E-state index in [4.69, 9.17) is 5.11 Å². The van der Waals surface area contributed by atoms with Gasteiger partial charge >= 0.3 is 5.97 Å². The molecule has 0 spiro atoms. The van der Waals surface area contributed by atoms with E-state index in [0.717, 1.165) is 6.07 Å². The molecule has 0 fully saturated rings. The van der Waals surface area contributed by atoms with Crippen LogP contribution in [-0.2, 0) is 9.84 Å². The van der Waals surface area contributed by atoms with Crippen molar-refractivity contribution in [2.45, 2.75) is 11.8 Å². The Balaban J connectivity index is 3.11. The summed E-state index contributed by atoms with van der Waals surface area (Å²) in [5.74, 6) is -4.23. The molecule has 9 heteroatoms. The molecule has 0 radical (unpaired) electrons. The van der Waals surface area contributed by atoms with E-state index in [9.17, 15) is 22.0 Å². The number of halogens is 2. The Hall–Kier alpha value is -2.16. The molecule has 1 aromatic carbocycles. The Bertz CT molecular complexity index is 821. The highest BCUT2D eigenvalue weighted by atomic mass is 32.2. The summed E-state index contributed by atoms with van der Waals surface area (Å²) in [5.41, 5.74) is -1.55. The fourth-order valence-electron chi connectivity index (χ4n) is 1.71. The van der Waals surface area contributed by atoms with Gasteiger partial charge in [-0.1, -0.05) is 6.92 Å². The van der Waals surface area contributed by atoms with E-state index in [1.807, 2.05) is 0 Å². The van der Waals surface area contributed by atoms with Crippen molar-refractivity contribution in [1.82, 2.24) is 10.2 Å². The second-order valence-corrected chi connectivity index (χ2v) is 6.05. The molecule has 2 rings (SSSR count). The van der Waals surface area contributed by atoms with E-state index in [2.05, 4.69) is 10.2 Å². The van der Waals surface area contributed by atoms with Crippen LogP contribution in [0, 0.1) is 11.6 Å². The average Bonchev–Trinajstić information content (AvgIpc) is 2.41. The predicted octanol–water partition coefficient (Wildman–Crippen LogP) is 1.40. The molecule has 0 bridgehead atoms. The Morgan fingerprint density at radius 2 is 1.85 bits per heavy atom. The van der Waals surface area contributed by atoms with E-state index >= 15 is 0 Å². The Kier molecular flexibility index (Phi) is 3.38. The standard InChI is InChI=1S/C11H8F2N2O4S/c1-2-20(18,19)10-7-5(12)3-4-6(13)8(7)14-15-9(10)11(16)17/h3-4H,2H2,1H3,(H,16,17). The van der Waals surface area contributed by atoms with E-state index in [-0.39, 0.29) is 0 Å². The first-order valence-electron chi connectivity index (χ1n) is 5.40. The number of aromatic nitrogens is 2. The lowest BCUT2D eigenvalue weighted by Gasteiger charge is -2.09. The van der Waals surface area contributed by atoms with Crippen molar-refractivity contribution < 1.29 is 27.1 Å². The van der Waals surface area contributed by atoms with Crippen molar-refractivity contribution in [3.63, 3.8) is 0 Å². The second-order valence-electron chi connectivity index (χ2n) is 3.84. The molecule has 2 aromatic rings. The van der Waals surface area contributed by atoms with Gasteiger partial charge in [-0.3, -0.25) is 0 Å². The van der Waals surface area contributed by atoms with Crippen molar-refractivity contribution in [2.75, 3.05) is 5.75 Å². The number of carboxylic acid groups (broad SMARTS) is 1. The molecule has 6 nitrogen and oxygen atoms in total. The van der Waals surface area contributed by atoms with Gasteiger partial charge in [0.2, 0.25) is 0 Å². The molecule has 0 unspecified atom stereocenters. The summed E-state index contributed by atoms with van der Waals surface area (Å²) in [5, 5.41) is 14.7. The van der Waals surface area contributed by atoms with Gasteiger partial charge in [0.1, 0.15) is 16.2 Å². The average molecular weight is 302 g/mol. The van der Waals surface area contributed by atoms with Gasteiger partial charge in [-0.15, -0.1) is 10.2 Å². The molecule has 0 atom stereocenters. The van der Waals surface area contributed by atoms with Gasteiger partial charge in [0.15, 0.2) is 21.3 Å². The lowest BCUT2D eigenvalue weighted by molar-refractivity contribution is 0.0685. The molecule has 0 aliphatic carbocycles. The monoisotopic (exact) mass is 302 g/mol. The first-order chi connectivity index (χ1) is 9.29. The quantitative estimate of drug-likeness (QED) is 0.920. The summed E-state index contributed by atoms with van der Waals surface area (Å²) in [7, 11) is -4.13. The molecule has 1 heterocycles. The fraction of sp³-hybridized carbons (Fsp3) is 0.182. The molecule has 0 aliphatic heterocycles. The number of aromatic carboxylic acids is 1. The van der Waals surface area contributed by atoms with Gasteiger partial charge in [-0.2, -0.15) is 0 Å². The minimum Gasteiger partial charge on any atom is -0.476 e. The second kappa shape index (κ2) is 4.75. The van der Waals surface area contributed by atoms with E-state index in [0.29, 0.717) is 6.07 Å². The van der Waals surface area contributed by atoms with Crippen LogP contribution in [0.3, 0.4) is 0 Å². The van der Waals surface area contributed by atoms with Gasteiger partial charge in [0, 0.05) is 0 Å². The van der Waals surface area contributed by atoms with Gasteiger partial charge in [-0.25, -0.2) is 22.0 Å².